The van der Waals surface area contributed by atoms with Crippen molar-refractivity contribution in [2.24, 2.45) is 5.92 Å². The Kier molecular flexibility index (Phi) is 4.94. The number of carbonyl (C=O) groups excluding carboxylic acids is 2. The lowest BCUT2D eigenvalue weighted by atomic mass is 9.78. The van der Waals surface area contributed by atoms with Crippen molar-refractivity contribution in [2.45, 2.75) is 69.9 Å². The van der Waals surface area contributed by atoms with Crippen LogP contribution in [0.15, 0.2) is 0 Å². The molecule has 2 heterocycles. The molecule has 0 aromatic rings. The minimum absolute atomic E-state index is 0.0327. The highest BCUT2D eigenvalue weighted by Gasteiger charge is 2.36. The normalized spacial score (nSPS) is 34.3. The third-order valence-corrected chi connectivity index (χ3v) is 5.72. The Morgan fingerprint density at radius 1 is 0.952 bits per heavy atom. The molecule has 4 heteroatoms. The summed E-state index contributed by atoms with van der Waals surface area (Å²) in [5, 5.41) is 0. The molecule has 3 fully saturated rings. The van der Waals surface area contributed by atoms with Gasteiger partial charge in [0.2, 0.25) is 5.91 Å². The van der Waals surface area contributed by atoms with Gasteiger partial charge in [-0.05, 0) is 51.0 Å². The number of carbonyl (C=O) groups is 2. The van der Waals surface area contributed by atoms with Crippen molar-refractivity contribution in [1.82, 2.24) is 9.80 Å². The quantitative estimate of drug-likeness (QED) is 0.749. The van der Waals surface area contributed by atoms with Gasteiger partial charge in [0.25, 0.3) is 0 Å². The first-order valence-corrected chi connectivity index (χ1v) is 8.78. The molecule has 1 saturated carbocycles. The zero-order valence-corrected chi connectivity index (χ0v) is 13.0. The van der Waals surface area contributed by atoms with Gasteiger partial charge in [-0.25, -0.2) is 0 Å². The Morgan fingerprint density at radius 2 is 1.71 bits per heavy atom. The molecule has 21 heavy (non-hydrogen) atoms. The molecule has 3 rings (SSSR count). The van der Waals surface area contributed by atoms with Crippen LogP contribution in [0.1, 0.15) is 57.8 Å². The molecule has 3 atom stereocenters. The van der Waals surface area contributed by atoms with Gasteiger partial charge >= 0.3 is 0 Å². The molecular weight excluding hydrogens is 264 g/mol. The molecular formula is C17H28N2O2. The molecule has 0 N–H and O–H groups in total. The zero-order chi connectivity index (χ0) is 14.7. The number of likely N-dealkylation sites (tertiary alicyclic amines) is 2. The predicted octanol–water partition coefficient (Wildman–Crippen LogP) is 2.22. The third kappa shape index (κ3) is 3.31. The molecule has 4 nitrogen and oxygen atoms in total. The third-order valence-electron chi connectivity index (χ3n) is 5.72. The summed E-state index contributed by atoms with van der Waals surface area (Å²) >= 11 is 0. The van der Waals surface area contributed by atoms with E-state index in [2.05, 4.69) is 9.80 Å². The monoisotopic (exact) mass is 292 g/mol. The average molecular weight is 292 g/mol. The van der Waals surface area contributed by atoms with Gasteiger partial charge in [-0.3, -0.25) is 9.69 Å². The summed E-state index contributed by atoms with van der Waals surface area (Å²) in [7, 11) is 0. The number of aldehydes is 1. The Morgan fingerprint density at radius 3 is 2.57 bits per heavy atom. The van der Waals surface area contributed by atoms with Gasteiger partial charge in [0.1, 0.15) is 6.29 Å². The Bertz CT molecular complexity index is 383. The van der Waals surface area contributed by atoms with Crippen LogP contribution >= 0.6 is 0 Å². The van der Waals surface area contributed by atoms with Gasteiger partial charge < -0.3 is 9.69 Å². The van der Waals surface area contributed by atoms with Crippen LogP contribution in [0.5, 0.6) is 0 Å². The van der Waals surface area contributed by atoms with Crippen LogP contribution in [0.4, 0.5) is 0 Å². The van der Waals surface area contributed by atoms with E-state index >= 15 is 0 Å². The molecule has 0 aromatic carbocycles. The SMILES string of the molecule is O=CC1CCCCN1CC(=O)N1CCCC2CCCCC21. The second-order valence-corrected chi connectivity index (χ2v) is 7.01. The highest BCUT2D eigenvalue weighted by atomic mass is 16.2. The van der Waals surface area contributed by atoms with E-state index in [1.165, 1.54) is 32.1 Å². The number of rotatable bonds is 3. The first-order valence-electron chi connectivity index (χ1n) is 8.78. The standard InChI is InChI=1S/C17H28N2O2/c20-13-15-8-3-4-10-18(15)12-17(21)19-11-5-7-14-6-1-2-9-16(14)19/h13-16H,1-12H2. The molecule has 0 aromatic heterocycles. The number of hydrogen-bond acceptors (Lipinski definition) is 3. The van der Waals surface area contributed by atoms with E-state index in [-0.39, 0.29) is 11.9 Å². The maximum absolute atomic E-state index is 12.8. The minimum Gasteiger partial charge on any atom is -0.338 e. The Hall–Kier alpha value is -0.900. The predicted molar refractivity (Wildman–Crippen MR) is 82.0 cm³/mol. The van der Waals surface area contributed by atoms with Crippen LogP contribution in [0.25, 0.3) is 0 Å². The van der Waals surface area contributed by atoms with Gasteiger partial charge in [0.15, 0.2) is 0 Å². The van der Waals surface area contributed by atoms with E-state index in [0.717, 1.165) is 51.0 Å². The first kappa shape index (κ1) is 15.0. The second kappa shape index (κ2) is 6.91. The van der Waals surface area contributed by atoms with E-state index in [0.29, 0.717) is 12.6 Å². The lowest BCUT2D eigenvalue weighted by molar-refractivity contribution is -0.140. The highest BCUT2D eigenvalue weighted by molar-refractivity contribution is 5.79. The smallest absolute Gasteiger partial charge is 0.237 e. The lowest BCUT2D eigenvalue weighted by Crippen LogP contribution is -2.54. The number of piperidine rings is 2. The van der Waals surface area contributed by atoms with E-state index in [4.69, 9.17) is 0 Å². The second-order valence-electron chi connectivity index (χ2n) is 7.01. The zero-order valence-electron chi connectivity index (χ0n) is 13.0. The van der Waals surface area contributed by atoms with E-state index in [1.807, 2.05) is 0 Å². The van der Waals surface area contributed by atoms with Crippen molar-refractivity contribution in [3.8, 4) is 0 Å². The molecule has 2 aliphatic heterocycles. The van der Waals surface area contributed by atoms with Crippen LogP contribution in [0.3, 0.4) is 0 Å². The van der Waals surface area contributed by atoms with Gasteiger partial charge in [-0.1, -0.05) is 19.3 Å². The Labute approximate surface area is 127 Å². The largest absolute Gasteiger partial charge is 0.338 e. The molecule has 0 radical (unpaired) electrons. The molecule has 0 bridgehead atoms. The van der Waals surface area contributed by atoms with Crippen molar-refractivity contribution < 1.29 is 9.59 Å². The highest BCUT2D eigenvalue weighted by Crippen LogP contribution is 2.35. The topological polar surface area (TPSA) is 40.6 Å². The Balaban J connectivity index is 1.62. The summed E-state index contributed by atoms with van der Waals surface area (Å²) in [5.74, 6) is 1.00. The van der Waals surface area contributed by atoms with Crippen molar-refractivity contribution in [3.05, 3.63) is 0 Å². The lowest BCUT2D eigenvalue weighted by Gasteiger charge is -2.45. The number of amides is 1. The van der Waals surface area contributed by atoms with Crippen molar-refractivity contribution in [1.29, 1.82) is 0 Å². The molecule has 3 unspecified atom stereocenters. The average Bonchev–Trinajstić information content (AvgIpc) is 2.54. The summed E-state index contributed by atoms with van der Waals surface area (Å²) in [6, 6.07) is 0.453. The van der Waals surface area contributed by atoms with E-state index in [9.17, 15) is 9.59 Å². The first-order chi connectivity index (χ1) is 10.3. The van der Waals surface area contributed by atoms with Crippen molar-refractivity contribution in [3.63, 3.8) is 0 Å². The summed E-state index contributed by atoms with van der Waals surface area (Å²) in [4.78, 5) is 28.2. The summed E-state index contributed by atoms with van der Waals surface area (Å²) in [6.07, 6.45) is 11.7. The molecule has 3 aliphatic rings. The van der Waals surface area contributed by atoms with Gasteiger partial charge in [-0.2, -0.15) is 0 Å². The molecule has 2 saturated heterocycles. The fourth-order valence-corrected chi connectivity index (χ4v) is 4.57. The maximum atomic E-state index is 12.8. The van der Waals surface area contributed by atoms with E-state index < -0.39 is 0 Å². The molecule has 118 valence electrons. The van der Waals surface area contributed by atoms with Crippen LogP contribution in [0.2, 0.25) is 0 Å². The number of fused-ring (bicyclic) bond motifs is 1. The fourth-order valence-electron chi connectivity index (χ4n) is 4.57. The maximum Gasteiger partial charge on any atom is 0.237 e. The van der Waals surface area contributed by atoms with Crippen LogP contribution in [-0.4, -0.2) is 53.7 Å². The van der Waals surface area contributed by atoms with Gasteiger partial charge in [0, 0.05) is 12.6 Å². The number of hydrogen-bond donors (Lipinski definition) is 0. The summed E-state index contributed by atoms with van der Waals surface area (Å²) in [5.41, 5.74) is 0. The molecule has 1 amide bonds. The van der Waals surface area contributed by atoms with Crippen LogP contribution in [0, 0.1) is 5.92 Å². The fraction of sp³-hybridized carbons (Fsp3) is 0.882. The van der Waals surface area contributed by atoms with Gasteiger partial charge in [-0.15, -0.1) is 0 Å². The molecule has 0 spiro atoms. The summed E-state index contributed by atoms with van der Waals surface area (Å²) in [6.45, 7) is 2.28. The minimum atomic E-state index is -0.0327. The van der Waals surface area contributed by atoms with Gasteiger partial charge in [0.05, 0.1) is 12.6 Å². The van der Waals surface area contributed by atoms with Crippen molar-refractivity contribution >= 4 is 12.2 Å². The van der Waals surface area contributed by atoms with E-state index in [1.54, 1.807) is 0 Å². The number of nitrogens with zero attached hydrogens (tertiary/aromatic N) is 2. The van der Waals surface area contributed by atoms with Crippen LogP contribution in [-0.2, 0) is 9.59 Å². The summed E-state index contributed by atoms with van der Waals surface area (Å²) < 4.78 is 0. The van der Waals surface area contributed by atoms with Crippen molar-refractivity contribution in [2.75, 3.05) is 19.6 Å². The van der Waals surface area contributed by atoms with Crippen LogP contribution < -0.4 is 0 Å². The molecule has 1 aliphatic carbocycles.